The first-order valence-electron chi connectivity index (χ1n) is 7.32. The van der Waals surface area contributed by atoms with E-state index in [-0.39, 0.29) is 11.9 Å². The average molecular weight is 289 g/mol. The van der Waals surface area contributed by atoms with Gasteiger partial charge in [0.25, 0.3) is 0 Å². The zero-order valence-corrected chi connectivity index (χ0v) is 12.2. The van der Waals surface area contributed by atoms with E-state index in [1.54, 1.807) is 18.2 Å². The van der Waals surface area contributed by atoms with E-state index >= 15 is 0 Å². The van der Waals surface area contributed by atoms with Gasteiger partial charge in [-0.2, -0.15) is 0 Å². The minimum atomic E-state index is -0.284. The first kappa shape index (κ1) is 14.1. The van der Waals surface area contributed by atoms with Gasteiger partial charge in [-0.05, 0) is 25.0 Å². The van der Waals surface area contributed by atoms with Crippen molar-refractivity contribution < 1.29 is 9.13 Å². The van der Waals surface area contributed by atoms with Crippen LogP contribution in [0.15, 0.2) is 36.7 Å². The highest BCUT2D eigenvalue weighted by atomic mass is 19.1. The molecule has 1 saturated heterocycles. The lowest BCUT2D eigenvalue weighted by molar-refractivity contribution is 0.0917. The van der Waals surface area contributed by atoms with Crippen molar-refractivity contribution in [2.75, 3.05) is 13.1 Å². The summed E-state index contributed by atoms with van der Waals surface area (Å²) < 4.78 is 21.4. The molecule has 0 radical (unpaired) electrons. The molecule has 4 nitrogen and oxygen atoms in total. The summed E-state index contributed by atoms with van der Waals surface area (Å²) in [5.41, 5.74) is 0. The predicted octanol–water partition coefficient (Wildman–Crippen LogP) is 2.60. The minimum absolute atomic E-state index is 0.0968. The normalized spacial score (nSPS) is 17.0. The number of hydrogen-bond acceptors (Lipinski definition) is 3. The molecule has 0 aliphatic carbocycles. The number of likely N-dealkylation sites (tertiary alicyclic amines) is 1. The van der Waals surface area contributed by atoms with E-state index in [4.69, 9.17) is 4.74 Å². The topological polar surface area (TPSA) is 30.3 Å². The van der Waals surface area contributed by atoms with Crippen LogP contribution in [0, 0.1) is 5.82 Å². The zero-order chi connectivity index (χ0) is 14.7. The van der Waals surface area contributed by atoms with Gasteiger partial charge in [-0.3, -0.25) is 4.90 Å². The van der Waals surface area contributed by atoms with E-state index in [1.165, 1.54) is 6.07 Å². The van der Waals surface area contributed by atoms with Crippen molar-refractivity contribution in [2.45, 2.75) is 25.5 Å². The molecule has 1 aliphatic heterocycles. The van der Waals surface area contributed by atoms with Crippen LogP contribution in [-0.4, -0.2) is 33.6 Å². The van der Waals surface area contributed by atoms with Crippen LogP contribution in [0.1, 0.15) is 18.7 Å². The Balaban J connectivity index is 1.51. The van der Waals surface area contributed by atoms with Crippen molar-refractivity contribution in [1.82, 2.24) is 14.5 Å². The molecule has 1 aromatic carbocycles. The number of benzene rings is 1. The molecule has 0 bridgehead atoms. The number of nitrogens with zero attached hydrogens (tertiary/aromatic N) is 3. The van der Waals surface area contributed by atoms with Gasteiger partial charge in [0, 0.05) is 32.5 Å². The van der Waals surface area contributed by atoms with Gasteiger partial charge in [0.15, 0.2) is 11.6 Å². The number of halogens is 1. The number of para-hydroxylation sites is 1. The number of ether oxygens (including phenoxy) is 1. The van der Waals surface area contributed by atoms with Gasteiger partial charge in [-0.25, -0.2) is 9.37 Å². The minimum Gasteiger partial charge on any atom is -0.487 e. The largest absolute Gasteiger partial charge is 0.487 e. The van der Waals surface area contributed by atoms with E-state index < -0.39 is 0 Å². The Kier molecular flexibility index (Phi) is 4.20. The quantitative estimate of drug-likeness (QED) is 0.866. The second-order valence-electron chi connectivity index (χ2n) is 5.48. The number of aryl methyl sites for hydroxylation is 1. The SMILES string of the molecule is Cn1ccnc1CN1CCC(Oc2ccccc2F)CC1. The van der Waals surface area contributed by atoms with Gasteiger partial charge in [-0.15, -0.1) is 0 Å². The number of hydrogen-bond donors (Lipinski definition) is 0. The lowest BCUT2D eigenvalue weighted by atomic mass is 10.1. The first-order valence-corrected chi connectivity index (χ1v) is 7.32. The van der Waals surface area contributed by atoms with Gasteiger partial charge in [0.1, 0.15) is 11.9 Å². The first-order chi connectivity index (χ1) is 10.2. The highest BCUT2D eigenvalue weighted by Crippen LogP contribution is 2.22. The molecular weight excluding hydrogens is 269 g/mol. The molecule has 0 atom stereocenters. The van der Waals surface area contributed by atoms with Gasteiger partial charge in [0.05, 0.1) is 6.54 Å². The van der Waals surface area contributed by atoms with Gasteiger partial charge in [-0.1, -0.05) is 12.1 Å². The molecule has 112 valence electrons. The van der Waals surface area contributed by atoms with Crippen molar-refractivity contribution in [3.8, 4) is 5.75 Å². The fourth-order valence-corrected chi connectivity index (χ4v) is 2.65. The van der Waals surface area contributed by atoms with Crippen molar-refractivity contribution in [3.63, 3.8) is 0 Å². The van der Waals surface area contributed by atoms with E-state index in [9.17, 15) is 4.39 Å². The van der Waals surface area contributed by atoms with E-state index in [1.807, 2.05) is 24.0 Å². The summed E-state index contributed by atoms with van der Waals surface area (Å²) in [5, 5.41) is 0. The van der Waals surface area contributed by atoms with Crippen LogP contribution >= 0.6 is 0 Å². The Morgan fingerprint density at radius 3 is 2.71 bits per heavy atom. The van der Waals surface area contributed by atoms with Crippen molar-refractivity contribution in [2.24, 2.45) is 7.05 Å². The third-order valence-electron chi connectivity index (χ3n) is 3.95. The maximum Gasteiger partial charge on any atom is 0.165 e. The van der Waals surface area contributed by atoms with Gasteiger partial charge in [0.2, 0.25) is 0 Å². The van der Waals surface area contributed by atoms with Crippen LogP contribution in [-0.2, 0) is 13.6 Å². The lowest BCUT2D eigenvalue weighted by Crippen LogP contribution is -2.38. The number of rotatable bonds is 4. The summed E-state index contributed by atoms with van der Waals surface area (Å²) >= 11 is 0. The molecule has 2 aromatic rings. The summed E-state index contributed by atoms with van der Waals surface area (Å²) in [6, 6.07) is 6.60. The van der Waals surface area contributed by atoms with Crippen molar-refractivity contribution in [1.29, 1.82) is 0 Å². The predicted molar refractivity (Wildman–Crippen MR) is 78.5 cm³/mol. The second kappa shape index (κ2) is 6.26. The van der Waals surface area contributed by atoms with E-state index in [0.717, 1.165) is 38.3 Å². The molecule has 0 unspecified atom stereocenters. The smallest absolute Gasteiger partial charge is 0.165 e. The maximum atomic E-state index is 13.6. The maximum absolute atomic E-state index is 13.6. The summed E-state index contributed by atoms with van der Waals surface area (Å²) in [7, 11) is 2.01. The lowest BCUT2D eigenvalue weighted by Gasteiger charge is -2.31. The summed E-state index contributed by atoms with van der Waals surface area (Å²) in [4.78, 5) is 6.71. The average Bonchev–Trinajstić information content (AvgIpc) is 2.89. The summed E-state index contributed by atoms with van der Waals surface area (Å²) in [6.45, 7) is 2.76. The zero-order valence-electron chi connectivity index (χ0n) is 12.2. The van der Waals surface area contributed by atoms with Crippen molar-refractivity contribution >= 4 is 0 Å². The molecule has 0 N–H and O–H groups in total. The number of piperidine rings is 1. The molecule has 0 saturated carbocycles. The van der Waals surface area contributed by atoms with Crippen LogP contribution in [0.3, 0.4) is 0 Å². The summed E-state index contributed by atoms with van der Waals surface area (Å²) in [6.07, 6.45) is 5.71. The van der Waals surface area contributed by atoms with Crippen LogP contribution in [0.4, 0.5) is 4.39 Å². The fourth-order valence-electron chi connectivity index (χ4n) is 2.65. The highest BCUT2D eigenvalue weighted by Gasteiger charge is 2.22. The van der Waals surface area contributed by atoms with Gasteiger partial charge < -0.3 is 9.30 Å². The van der Waals surface area contributed by atoms with Crippen LogP contribution < -0.4 is 4.74 Å². The Bertz CT molecular complexity index is 591. The molecule has 1 aromatic heterocycles. The standard InChI is InChI=1S/C16H20FN3O/c1-19-11-8-18-16(19)12-20-9-6-13(7-10-20)21-15-5-3-2-4-14(15)17/h2-5,8,11,13H,6-7,9-10,12H2,1H3. The molecule has 5 heteroatoms. The fraction of sp³-hybridized carbons (Fsp3) is 0.438. The Morgan fingerprint density at radius 1 is 1.29 bits per heavy atom. The summed E-state index contributed by atoms with van der Waals surface area (Å²) in [5.74, 6) is 1.15. The molecular formula is C16H20FN3O. The molecule has 1 aliphatic rings. The number of imidazole rings is 1. The molecule has 3 rings (SSSR count). The van der Waals surface area contributed by atoms with Crippen LogP contribution in [0.2, 0.25) is 0 Å². The third kappa shape index (κ3) is 3.42. The molecule has 2 heterocycles. The molecule has 0 amide bonds. The van der Waals surface area contributed by atoms with Crippen LogP contribution in [0.5, 0.6) is 5.75 Å². The van der Waals surface area contributed by atoms with Crippen molar-refractivity contribution in [3.05, 3.63) is 48.3 Å². The second-order valence-corrected chi connectivity index (χ2v) is 5.48. The molecule has 1 fully saturated rings. The third-order valence-corrected chi connectivity index (χ3v) is 3.95. The van der Waals surface area contributed by atoms with Crippen LogP contribution in [0.25, 0.3) is 0 Å². The molecule has 0 spiro atoms. The monoisotopic (exact) mass is 289 g/mol. The van der Waals surface area contributed by atoms with E-state index in [0.29, 0.717) is 5.75 Å². The Hall–Kier alpha value is -1.88. The van der Waals surface area contributed by atoms with E-state index in [2.05, 4.69) is 9.88 Å². The van der Waals surface area contributed by atoms with Gasteiger partial charge >= 0.3 is 0 Å². The molecule has 21 heavy (non-hydrogen) atoms. The Morgan fingerprint density at radius 2 is 2.05 bits per heavy atom. The Labute approximate surface area is 124 Å². The highest BCUT2D eigenvalue weighted by molar-refractivity contribution is 5.23. The number of aromatic nitrogens is 2.